The average molecular weight is 294 g/mol. The first-order chi connectivity index (χ1) is 9.46. The second-order valence-corrected chi connectivity index (χ2v) is 7.70. The van der Waals surface area contributed by atoms with E-state index in [1.807, 2.05) is 25.8 Å². The molecule has 0 unspecified atom stereocenters. The molecule has 0 amide bonds. The van der Waals surface area contributed by atoms with Crippen molar-refractivity contribution in [3.63, 3.8) is 0 Å². The van der Waals surface area contributed by atoms with E-state index >= 15 is 0 Å². The molecule has 0 spiro atoms. The molecule has 0 saturated heterocycles. The molecule has 1 atom stereocenters. The molecule has 0 aromatic heterocycles. The van der Waals surface area contributed by atoms with Crippen LogP contribution in [0.1, 0.15) is 59.9 Å². The molecule has 1 rings (SSSR count). The third-order valence-corrected chi connectivity index (χ3v) is 3.92. The Morgan fingerprint density at radius 2 is 1.57 bits per heavy atom. The zero-order valence-electron chi connectivity index (χ0n) is 14.7. The Bertz CT molecular complexity index is 546. The van der Waals surface area contributed by atoms with Crippen molar-refractivity contribution in [2.24, 2.45) is 5.41 Å². The monoisotopic (exact) mass is 294 g/mol. The van der Waals surface area contributed by atoms with Gasteiger partial charge in [0.05, 0.1) is 5.69 Å². The van der Waals surface area contributed by atoms with Crippen LogP contribution in [0.5, 0.6) is 0 Å². The van der Waals surface area contributed by atoms with Crippen molar-refractivity contribution in [3.8, 4) is 0 Å². The van der Waals surface area contributed by atoms with Gasteiger partial charge >= 0.3 is 0 Å². The van der Waals surface area contributed by atoms with E-state index in [0.29, 0.717) is 23.8 Å². The minimum atomic E-state index is -0.335. The van der Waals surface area contributed by atoms with Gasteiger partial charge in [-0.15, -0.1) is 0 Å². The van der Waals surface area contributed by atoms with Crippen LogP contribution >= 0.6 is 0 Å². The van der Waals surface area contributed by atoms with Crippen molar-refractivity contribution >= 4 is 5.69 Å². The molecule has 120 valence electrons. The standard InChI is InChI=1S/C17H30N2O2/c1-10(2)13-14(16(21)15(13)20)19(8)9-12(17(5,6)7)18-11(3)4/h10-12,18H,9H2,1-8H3/t12-/m1/s1. The summed E-state index contributed by atoms with van der Waals surface area (Å²) < 4.78 is 0. The maximum Gasteiger partial charge on any atom is 0.249 e. The number of rotatable bonds is 6. The van der Waals surface area contributed by atoms with Crippen LogP contribution in [0, 0.1) is 5.41 Å². The number of nitrogens with zero attached hydrogens (tertiary/aromatic N) is 1. The summed E-state index contributed by atoms with van der Waals surface area (Å²) in [7, 11) is 1.91. The second kappa shape index (κ2) is 6.30. The smallest absolute Gasteiger partial charge is 0.249 e. The van der Waals surface area contributed by atoms with Gasteiger partial charge in [0.2, 0.25) is 10.9 Å². The fourth-order valence-electron chi connectivity index (χ4n) is 2.66. The molecule has 0 heterocycles. The first-order valence-electron chi connectivity index (χ1n) is 7.77. The van der Waals surface area contributed by atoms with Crippen LogP contribution in [-0.2, 0) is 0 Å². The quantitative estimate of drug-likeness (QED) is 0.818. The van der Waals surface area contributed by atoms with E-state index in [1.54, 1.807) is 0 Å². The van der Waals surface area contributed by atoms with Crippen molar-refractivity contribution in [2.75, 3.05) is 18.5 Å². The largest absolute Gasteiger partial charge is 0.369 e. The van der Waals surface area contributed by atoms with Gasteiger partial charge in [-0.3, -0.25) is 9.59 Å². The highest BCUT2D eigenvalue weighted by atomic mass is 16.2. The van der Waals surface area contributed by atoms with Crippen LogP contribution in [0.25, 0.3) is 0 Å². The van der Waals surface area contributed by atoms with Gasteiger partial charge in [0.1, 0.15) is 0 Å². The molecule has 0 aliphatic carbocycles. The maximum atomic E-state index is 11.9. The molecule has 4 nitrogen and oxygen atoms in total. The van der Waals surface area contributed by atoms with Crippen molar-refractivity contribution in [1.29, 1.82) is 0 Å². The zero-order valence-corrected chi connectivity index (χ0v) is 14.7. The highest BCUT2D eigenvalue weighted by molar-refractivity contribution is 5.59. The fourth-order valence-corrected chi connectivity index (χ4v) is 2.66. The highest BCUT2D eigenvalue weighted by Gasteiger charge is 2.31. The summed E-state index contributed by atoms with van der Waals surface area (Å²) in [5.74, 6) is 0.0961. The van der Waals surface area contributed by atoms with Crippen LogP contribution in [0.15, 0.2) is 9.59 Å². The van der Waals surface area contributed by atoms with E-state index in [1.165, 1.54) is 0 Å². The van der Waals surface area contributed by atoms with Crippen LogP contribution in [0.2, 0.25) is 0 Å². The summed E-state index contributed by atoms with van der Waals surface area (Å²) in [6, 6.07) is 0.617. The first-order valence-corrected chi connectivity index (χ1v) is 7.77. The zero-order chi connectivity index (χ0) is 16.5. The van der Waals surface area contributed by atoms with E-state index < -0.39 is 0 Å². The number of anilines is 1. The Morgan fingerprint density at radius 3 is 1.95 bits per heavy atom. The summed E-state index contributed by atoms with van der Waals surface area (Å²) in [6.07, 6.45) is 0. The SMILES string of the molecule is CC(C)N[C@H](CN(C)c1c(C(C)C)c(=O)c1=O)C(C)(C)C. The van der Waals surface area contributed by atoms with E-state index in [-0.39, 0.29) is 28.2 Å². The molecule has 0 aliphatic heterocycles. The molecule has 0 radical (unpaired) electrons. The van der Waals surface area contributed by atoms with Gasteiger partial charge in [0, 0.05) is 31.2 Å². The lowest BCUT2D eigenvalue weighted by Crippen LogP contribution is -2.53. The van der Waals surface area contributed by atoms with Gasteiger partial charge in [-0.25, -0.2) is 0 Å². The van der Waals surface area contributed by atoms with E-state index in [9.17, 15) is 9.59 Å². The van der Waals surface area contributed by atoms with Crippen LogP contribution in [0.3, 0.4) is 0 Å². The van der Waals surface area contributed by atoms with E-state index in [0.717, 1.165) is 0 Å². The first kappa shape index (κ1) is 17.9. The number of nitrogens with one attached hydrogen (secondary N) is 1. The van der Waals surface area contributed by atoms with Gasteiger partial charge in [-0.1, -0.05) is 48.5 Å². The summed E-state index contributed by atoms with van der Waals surface area (Å²) in [4.78, 5) is 25.6. The average Bonchev–Trinajstić information content (AvgIpc) is 2.31. The summed E-state index contributed by atoms with van der Waals surface area (Å²) in [5, 5.41) is 3.56. The molecule has 0 fully saturated rings. The molecule has 0 bridgehead atoms. The molecule has 21 heavy (non-hydrogen) atoms. The number of hydrogen-bond acceptors (Lipinski definition) is 4. The Labute approximate surface area is 128 Å². The molecule has 1 N–H and O–H groups in total. The van der Waals surface area contributed by atoms with E-state index in [2.05, 4.69) is 39.9 Å². The Balaban J connectivity index is 2.99. The van der Waals surface area contributed by atoms with Gasteiger partial charge in [0.15, 0.2) is 0 Å². The molecule has 0 saturated carbocycles. The summed E-state index contributed by atoms with van der Waals surface area (Å²) >= 11 is 0. The Kier molecular flexibility index (Phi) is 5.37. The lowest BCUT2D eigenvalue weighted by Gasteiger charge is -2.37. The Hall–Kier alpha value is -1.16. The Morgan fingerprint density at radius 1 is 1.05 bits per heavy atom. The highest BCUT2D eigenvalue weighted by Crippen LogP contribution is 2.25. The van der Waals surface area contributed by atoms with Crippen LogP contribution in [-0.4, -0.2) is 25.7 Å². The van der Waals surface area contributed by atoms with Gasteiger partial charge in [-0.2, -0.15) is 0 Å². The second-order valence-electron chi connectivity index (χ2n) is 7.70. The van der Waals surface area contributed by atoms with Gasteiger partial charge in [0.25, 0.3) is 0 Å². The fraction of sp³-hybridized carbons (Fsp3) is 0.765. The minimum absolute atomic E-state index is 0.0773. The van der Waals surface area contributed by atoms with Gasteiger partial charge in [-0.05, 0) is 11.3 Å². The topological polar surface area (TPSA) is 49.4 Å². The van der Waals surface area contributed by atoms with Crippen LogP contribution in [0.4, 0.5) is 5.69 Å². The van der Waals surface area contributed by atoms with Crippen molar-refractivity contribution in [3.05, 3.63) is 26.0 Å². The molecular weight excluding hydrogens is 264 g/mol. The summed E-state index contributed by atoms with van der Waals surface area (Å²) in [5.41, 5.74) is 0.720. The van der Waals surface area contributed by atoms with Crippen molar-refractivity contribution < 1.29 is 0 Å². The maximum absolute atomic E-state index is 11.9. The number of likely N-dealkylation sites (N-methyl/N-ethyl adjacent to an activating group) is 1. The third-order valence-electron chi connectivity index (χ3n) is 3.92. The third kappa shape index (κ3) is 3.94. The lowest BCUT2D eigenvalue weighted by atomic mass is 9.85. The molecular formula is C17H30N2O2. The lowest BCUT2D eigenvalue weighted by molar-refractivity contribution is 0.257. The number of hydrogen-bond donors (Lipinski definition) is 1. The molecule has 1 aromatic carbocycles. The molecule has 4 heteroatoms. The predicted molar refractivity (Wildman–Crippen MR) is 90.2 cm³/mol. The normalized spacial score (nSPS) is 14.2. The van der Waals surface area contributed by atoms with Gasteiger partial charge < -0.3 is 10.2 Å². The van der Waals surface area contributed by atoms with Crippen LogP contribution < -0.4 is 21.1 Å². The van der Waals surface area contributed by atoms with Crippen molar-refractivity contribution in [1.82, 2.24) is 5.32 Å². The summed E-state index contributed by atoms with van der Waals surface area (Å²) in [6.45, 7) is 15.4. The predicted octanol–water partition coefficient (Wildman–Crippen LogP) is 2.25. The minimum Gasteiger partial charge on any atom is -0.369 e. The molecule has 1 aromatic rings. The molecule has 0 aliphatic rings. The van der Waals surface area contributed by atoms with E-state index in [4.69, 9.17) is 0 Å². The van der Waals surface area contributed by atoms with Crippen molar-refractivity contribution in [2.45, 2.75) is 66.5 Å².